The summed E-state index contributed by atoms with van der Waals surface area (Å²) < 4.78 is 5.55. The van der Waals surface area contributed by atoms with Crippen LogP contribution in [0.3, 0.4) is 0 Å². The van der Waals surface area contributed by atoms with Crippen LogP contribution in [0.25, 0.3) is 0 Å². The average Bonchev–Trinajstić information content (AvgIpc) is 3.01. The lowest BCUT2D eigenvalue weighted by Crippen LogP contribution is -2.49. The SMILES string of the molecule is CN1CCO[C@@H](C(=O)N[C@H](Cc2ccccc2)c2n[nH]c(=O)[nH]2)C1. The lowest BCUT2D eigenvalue weighted by Gasteiger charge is -2.30. The second kappa shape index (κ2) is 7.41. The fraction of sp³-hybridized carbons (Fsp3) is 0.438. The van der Waals surface area contributed by atoms with E-state index in [9.17, 15) is 9.59 Å². The van der Waals surface area contributed by atoms with Crippen molar-refractivity contribution in [1.29, 1.82) is 0 Å². The first-order chi connectivity index (χ1) is 11.6. The van der Waals surface area contributed by atoms with Gasteiger partial charge in [-0.05, 0) is 19.0 Å². The van der Waals surface area contributed by atoms with E-state index in [1.807, 2.05) is 37.4 Å². The van der Waals surface area contributed by atoms with Crippen LogP contribution in [0.1, 0.15) is 17.4 Å². The number of hydrogen-bond acceptors (Lipinski definition) is 5. The van der Waals surface area contributed by atoms with Crippen LogP contribution in [-0.2, 0) is 16.0 Å². The van der Waals surface area contributed by atoms with E-state index in [0.29, 0.717) is 25.4 Å². The smallest absolute Gasteiger partial charge is 0.340 e. The van der Waals surface area contributed by atoms with Gasteiger partial charge in [0.05, 0.1) is 12.6 Å². The molecule has 8 nitrogen and oxygen atoms in total. The molecule has 1 aliphatic heterocycles. The van der Waals surface area contributed by atoms with E-state index >= 15 is 0 Å². The number of rotatable bonds is 5. The summed E-state index contributed by atoms with van der Waals surface area (Å²) >= 11 is 0. The number of hydrogen-bond donors (Lipinski definition) is 3. The predicted octanol–water partition coefficient (Wildman–Crippen LogP) is -0.171. The number of nitrogens with zero attached hydrogens (tertiary/aromatic N) is 2. The molecule has 1 fully saturated rings. The number of nitrogens with one attached hydrogen (secondary N) is 3. The van der Waals surface area contributed by atoms with Crippen LogP contribution in [0.4, 0.5) is 0 Å². The van der Waals surface area contributed by atoms with E-state index in [0.717, 1.165) is 12.1 Å². The maximum atomic E-state index is 12.5. The highest BCUT2D eigenvalue weighted by atomic mass is 16.5. The van der Waals surface area contributed by atoms with Crippen molar-refractivity contribution in [3.63, 3.8) is 0 Å². The molecule has 8 heteroatoms. The van der Waals surface area contributed by atoms with Crippen molar-refractivity contribution >= 4 is 5.91 Å². The highest BCUT2D eigenvalue weighted by Gasteiger charge is 2.28. The molecule has 0 saturated carbocycles. The van der Waals surface area contributed by atoms with Crippen LogP contribution in [-0.4, -0.2) is 58.8 Å². The molecular formula is C16H21N5O3. The van der Waals surface area contributed by atoms with Gasteiger partial charge in [-0.3, -0.25) is 9.78 Å². The summed E-state index contributed by atoms with van der Waals surface area (Å²) in [6.45, 7) is 1.88. The number of H-pyrrole nitrogens is 2. The van der Waals surface area contributed by atoms with Crippen molar-refractivity contribution in [2.45, 2.75) is 18.6 Å². The number of amides is 1. The molecule has 2 aromatic rings. The molecular weight excluding hydrogens is 310 g/mol. The first kappa shape index (κ1) is 16.4. The Morgan fingerprint density at radius 3 is 2.92 bits per heavy atom. The monoisotopic (exact) mass is 331 g/mol. The second-order valence-corrected chi connectivity index (χ2v) is 5.94. The zero-order chi connectivity index (χ0) is 16.9. The molecule has 0 bridgehead atoms. The molecule has 24 heavy (non-hydrogen) atoms. The number of carbonyl (C=O) groups excluding carboxylic acids is 1. The Morgan fingerprint density at radius 1 is 1.46 bits per heavy atom. The Morgan fingerprint density at radius 2 is 2.25 bits per heavy atom. The van der Waals surface area contributed by atoms with Crippen molar-refractivity contribution in [1.82, 2.24) is 25.4 Å². The van der Waals surface area contributed by atoms with E-state index < -0.39 is 17.8 Å². The second-order valence-electron chi connectivity index (χ2n) is 5.94. The number of likely N-dealkylation sites (N-methyl/N-ethyl adjacent to an activating group) is 1. The fourth-order valence-electron chi connectivity index (χ4n) is 2.72. The van der Waals surface area contributed by atoms with E-state index in [-0.39, 0.29) is 5.91 Å². The number of ether oxygens (including phenoxy) is 1. The standard InChI is InChI=1S/C16H21N5O3/c1-21-7-8-24-13(10-21)15(22)17-12(14-18-16(23)20-19-14)9-11-5-3-2-4-6-11/h2-6,12-13H,7-10H2,1H3,(H,17,22)(H2,18,19,20,23)/t12-,13-/m1/s1. The van der Waals surface area contributed by atoms with E-state index in [1.165, 1.54) is 0 Å². The molecule has 1 aromatic carbocycles. The maximum absolute atomic E-state index is 12.5. The lowest BCUT2D eigenvalue weighted by atomic mass is 10.0. The molecule has 1 saturated heterocycles. The Kier molecular flexibility index (Phi) is 5.07. The van der Waals surface area contributed by atoms with E-state index in [1.54, 1.807) is 0 Å². The number of carbonyl (C=O) groups is 1. The Balaban J connectivity index is 1.74. The van der Waals surface area contributed by atoms with Gasteiger partial charge in [0.1, 0.15) is 6.10 Å². The predicted molar refractivity (Wildman–Crippen MR) is 87.5 cm³/mol. The highest BCUT2D eigenvalue weighted by Crippen LogP contribution is 2.15. The lowest BCUT2D eigenvalue weighted by molar-refractivity contribution is -0.138. The first-order valence-corrected chi connectivity index (χ1v) is 7.91. The van der Waals surface area contributed by atoms with Crippen LogP contribution >= 0.6 is 0 Å². The van der Waals surface area contributed by atoms with E-state index in [2.05, 4.69) is 25.4 Å². The van der Waals surface area contributed by atoms with Gasteiger partial charge in [0.2, 0.25) is 0 Å². The summed E-state index contributed by atoms with van der Waals surface area (Å²) in [5.74, 6) is 0.202. The van der Waals surface area contributed by atoms with Crippen molar-refractivity contribution in [3.8, 4) is 0 Å². The molecule has 0 unspecified atom stereocenters. The Hall–Kier alpha value is -2.45. The molecule has 2 atom stereocenters. The van der Waals surface area contributed by atoms with Crippen LogP contribution in [0.5, 0.6) is 0 Å². The third-order valence-electron chi connectivity index (χ3n) is 4.01. The van der Waals surface area contributed by atoms with Crippen LogP contribution < -0.4 is 11.0 Å². The molecule has 128 valence electrons. The molecule has 2 heterocycles. The molecule has 0 aliphatic carbocycles. The molecule has 0 radical (unpaired) electrons. The average molecular weight is 331 g/mol. The number of aromatic amines is 2. The van der Waals surface area contributed by atoms with Gasteiger partial charge in [0.25, 0.3) is 5.91 Å². The van der Waals surface area contributed by atoms with Crippen LogP contribution in [0.15, 0.2) is 35.1 Å². The summed E-state index contributed by atoms with van der Waals surface area (Å²) in [6, 6.07) is 9.29. The molecule has 0 spiro atoms. The summed E-state index contributed by atoms with van der Waals surface area (Å²) in [7, 11) is 1.95. The minimum Gasteiger partial charge on any atom is -0.366 e. The van der Waals surface area contributed by atoms with Crippen LogP contribution in [0, 0.1) is 0 Å². The minimum atomic E-state index is -0.521. The zero-order valence-corrected chi connectivity index (χ0v) is 13.5. The minimum absolute atomic E-state index is 0.202. The van der Waals surface area contributed by atoms with Crippen molar-refractivity contribution in [3.05, 3.63) is 52.2 Å². The van der Waals surface area contributed by atoms with Gasteiger partial charge in [-0.2, -0.15) is 5.10 Å². The normalized spacial score (nSPS) is 19.8. The summed E-state index contributed by atoms with van der Waals surface area (Å²) in [5.41, 5.74) is 0.638. The van der Waals surface area contributed by atoms with Crippen molar-refractivity contribution < 1.29 is 9.53 Å². The summed E-state index contributed by atoms with van der Waals surface area (Å²) in [6.07, 6.45) is 0.00308. The summed E-state index contributed by atoms with van der Waals surface area (Å²) in [5, 5.41) is 9.25. The number of morpholine rings is 1. The van der Waals surface area contributed by atoms with Gasteiger partial charge in [-0.15, -0.1) is 0 Å². The van der Waals surface area contributed by atoms with Gasteiger partial charge in [-0.25, -0.2) is 9.89 Å². The number of benzene rings is 1. The molecule has 1 aromatic heterocycles. The molecule has 3 rings (SSSR count). The number of aromatic nitrogens is 3. The first-order valence-electron chi connectivity index (χ1n) is 7.91. The van der Waals surface area contributed by atoms with Gasteiger partial charge >= 0.3 is 5.69 Å². The fourth-order valence-corrected chi connectivity index (χ4v) is 2.72. The maximum Gasteiger partial charge on any atom is 0.340 e. The third-order valence-corrected chi connectivity index (χ3v) is 4.01. The third kappa shape index (κ3) is 4.09. The van der Waals surface area contributed by atoms with Crippen molar-refractivity contribution in [2.75, 3.05) is 26.7 Å². The van der Waals surface area contributed by atoms with Crippen molar-refractivity contribution in [2.24, 2.45) is 0 Å². The van der Waals surface area contributed by atoms with Gasteiger partial charge in [0.15, 0.2) is 5.82 Å². The molecule has 1 amide bonds. The quantitative estimate of drug-likeness (QED) is 0.706. The van der Waals surface area contributed by atoms with Gasteiger partial charge in [0, 0.05) is 13.1 Å². The van der Waals surface area contributed by atoms with E-state index in [4.69, 9.17) is 4.74 Å². The summed E-state index contributed by atoms with van der Waals surface area (Å²) in [4.78, 5) is 28.6. The Labute approximate surface area is 139 Å². The highest BCUT2D eigenvalue weighted by molar-refractivity contribution is 5.81. The Bertz CT molecular complexity index is 727. The molecule has 1 aliphatic rings. The van der Waals surface area contributed by atoms with Gasteiger partial charge < -0.3 is 15.0 Å². The van der Waals surface area contributed by atoms with Gasteiger partial charge in [-0.1, -0.05) is 30.3 Å². The molecule has 3 N–H and O–H groups in total. The largest absolute Gasteiger partial charge is 0.366 e. The zero-order valence-electron chi connectivity index (χ0n) is 13.5. The van der Waals surface area contributed by atoms with Crippen LogP contribution in [0.2, 0.25) is 0 Å². The topological polar surface area (TPSA) is 103 Å².